The second kappa shape index (κ2) is 5.22. The molecule has 7 heteroatoms. The molecule has 0 N–H and O–H groups in total. The minimum absolute atomic E-state index is 0.00521. The fourth-order valence-corrected chi connectivity index (χ4v) is 2.05. The van der Waals surface area contributed by atoms with E-state index in [1.54, 1.807) is 6.92 Å². The molecule has 0 amide bonds. The van der Waals surface area contributed by atoms with Crippen molar-refractivity contribution in [2.75, 3.05) is 0 Å². The SMILES string of the molecule is Cc1cc(-c2ncc(C(F)(F)F)cc2Cl)c(F)cc1Cl. The van der Waals surface area contributed by atoms with E-state index in [0.29, 0.717) is 17.8 Å². The number of alkyl halides is 3. The van der Waals surface area contributed by atoms with Crippen LogP contribution in [0.1, 0.15) is 11.1 Å². The molecule has 0 aliphatic heterocycles. The van der Waals surface area contributed by atoms with Crippen LogP contribution in [0.4, 0.5) is 17.6 Å². The molecular weight excluding hydrogens is 317 g/mol. The number of nitrogens with zero attached hydrogens (tertiary/aromatic N) is 1. The van der Waals surface area contributed by atoms with Gasteiger partial charge in [0.05, 0.1) is 16.3 Å². The molecule has 2 rings (SSSR count). The van der Waals surface area contributed by atoms with Crippen molar-refractivity contribution >= 4 is 23.2 Å². The van der Waals surface area contributed by atoms with Crippen LogP contribution < -0.4 is 0 Å². The molecule has 0 bridgehead atoms. The maximum absolute atomic E-state index is 13.8. The highest BCUT2D eigenvalue weighted by atomic mass is 35.5. The molecule has 0 unspecified atom stereocenters. The monoisotopic (exact) mass is 323 g/mol. The van der Waals surface area contributed by atoms with E-state index in [1.165, 1.54) is 6.07 Å². The first-order valence-corrected chi connectivity index (χ1v) is 6.14. The van der Waals surface area contributed by atoms with Gasteiger partial charge < -0.3 is 0 Å². The lowest BCUT2D eigenvalue weighted by molar-refractivity contribution is -0.137. The Hall–Kier alpha value is -1.33. The Morgan fingerprint density at radius 2 is 1.70 bits per heavy atom. The maximum Gasteiger partial charge on any atom is 0.417 e. The van der Waals surface area contributed by atoms with Crippen LogP contribution >= 0.6 is 23.2 Å². The van der Waals surface area contributed by atoms with Crippen LogP contribution in [-0.4, -0.2) is 4.98 Å². The lowest BCUT2D eigenvalue weighted by atomic mass is 10.1. The lowest BCUT2D eigenvalue weighted by Crippen LogP contribution is -2.06. The van der Waals surface area contributed by atoms with Gasteiger partial charge in [-0.2, -0.15) is 13.2 Å². The van der Waals surface area contributed by atoms with Gasteiger partial charge in [-0.1, -0.05) is 23.2 Å². The van der Waals surface area contributed by atoms with Gasteiger partial charge in [-0.15, -0.1) is 0 Å². The first-order valence-electron chi connectivity index (χ1n) is 5.39. The highest BCUT2D eigenvalue weighted by Gasteiger charge is 2.31. The molecule has 20 heavy (non-hydrogen) atoms. The molecule has 0 fully saturated rings. The normalized spacial score (nSPS) is 11.8. The summed E-state index contributed by atoms with van der Waals surface area (Å²) in [4.78, 5) is 3.61. The minimum Gasteiger partial charge on any atom is -0.254 e. The molecule has 0 atom stereocenters. The zero-order valence-electron chi connectivity index (χ0n) is 10.0. The van der Waals surface area contributed by atoms with E-state index in [9.17, 15) is 17.6 Å². The zero-order chi connectivity index (χ0) is 15.1. The summed E-state index contributed by atoms with van der Waals surface area (Å²) in [6.45, 7) is 1.64. The lowest BCUT2D eigenvalue weighted by Gasteiger charge is -2.11. The summed E-state index contributed by atoms with van der Waals surface area (Å²) in [5, 5.41) is -0.0604. The van der Waals surface area contributed by atoms with E-state index in [1.807, 2.05) is 0 Å². The topological polar surface area (TPSA) is 12.9 Å². The second-order valence-corrected chi connectivity index (χ2v) is 4.95. The van der Waals surface area contributed by atoms with Crippen molar-refractivity contribution < 1.29 is 17.6 Å². The highest BCUT2D eigenvalue weighted by Crippen LogP contribution is 2.35. The Kier molecular flexibility index (Phi) is 3.93. The van der Waals surface area contributed by atoms with Gasteiger partial charge in [0.25, 0.3) is 0 Å². The molecule has 1 aromatic heterocycles. The van der Waals surface area contributed by atoms with Gasteiger partial charge in [0.15, 0.2) is 0 Å². The summed E-state index contributed by atoms with van der Waals surface area (Å²) in [7, 11) is 0. The van der Waals surface area contributed by atoms with Crippen LogP contribution in [0.2, 0.25) is 10.0 Å². The molecule has 0 aliphatic carbocycles. The molecule has 0 aliphatic rings. The first kappa shape index (κ1) is 15.1. The van der Waals surface area contributed by atoms with Crippen molar-refractivity contribution in [3.8, 4) is 11.3 Å². The van der Waals surface area contributed by atoms with Gasteiger partial charge in [0.1, 0.15) is 5.82 Å². The third-order valence-electron chi connectivity index (χ3n) is 2.67. The van der Waals surface area contributed by atoms with Gasteiger partial charge >= 0.3 is 6.18 Å². The summed E-state index contributed by atoms with van der Waals surface area (Å²) < 4.78 is 51.3. The van der Waals surface area contributed by atoms with E-state index in [2.05, 4.69) is 4.98 Å². The van der Waals surface area contributed by atoms with Gasteiger partial charge in [-0.3, -0.25) is 4.98 Å². The van der Waals surface area contributed by atoms with Crippen LogP contribution in [0.15, 0.2) is 24.4 Å². The van der Waals surface area contributed by atoms with E-state index in [-0.39, 0.29) is 21.3 Å². The third-order valence-corrected chi connectivity index (χ3v) is 3.37. The largest absolute Gasteiger partial charge is 0.417 e. The van der Waals surface area contributed by atoms with Crippen molar-refractivity contribution in [1.29, 1.82) is 0 Å². The Balaban J connectivity index is 2.57. The Labute approximate surface area is 122 Å². The van der Waals surface area contributed by atoms with Crippen LogP contribution in [0, 0.1) is 12.7 Å². The maximum atomic E-state index is 13.8. The average Bonchev–Trinajstić information content (AvgIpc) is 2.33. The van der Waals surface area contributed by atoms with E-state index < -0.39 is 17.6 Å². The summed E-state index contributed by atoms with van der Waals surface area (Å²) in [6.07, 6.45) is -3.94. The van der Waals surface area contributed by atoms with Crippen LogP contribution in [0.3, 0.4) is 0 Å². The van der Waals surface area contributed by atoms with Crippen LogP contribution in [-0.2, 0) is 6.18 Å². The van der Waals surface area contributed by atoms with Gasteiger partial charge in [-0.05, 0) is 30.7 Å². The number of hydrogen-bond acceptors (Lipinski definition) is 1. The number of aromatic nitrogens is 1. The van der Waals surface area contributed by atoms with E-state index in [0.717, 1.165) is 6.07 Å². The van der Waals surface area contributed by atoms with E-state index in [4.69, 9.17) is 23.2 Å². The molecule has 1 heterocycles. The number of pyridine rings is 1. The molecule has 106 valence electrons. The molecule has 0 radical (unpaired) electrons. The van der Waals surface area contributed by atoms with Gasteiger partial charge in [-0.25, -0.2) is 4.39 Å². The van der Waals surface area contributed by atoms with Gasteiger partial charge in [0.2, 0.25) is 0 Å². The number of aryl methyl sites for hydroxylation is 1. The van der Waals surface area contributed by atoms with Crippen molar-refractivity contribution in [2.24, 2.45) is 0 Å². The number of halogens is 6. The predicted molar refractivity (Wildman–Crippen MR) is 69.4 cm³/mol. The van der Waals surface area contributed by atoms with Crippen molar-refractivity contribution in [2.45, 2.75) is 13.1 Å². The van der Waals surface area contributed by atoms with E-state index >= 15 is 0 Å². The van der Waals surface area contributed by atoms with Crippen LogP contribution in [0.25, 0.3) is 11.3 Å². The number of benzene rings is 1. The molecule has 1 nitrogen and oxygen atoms in total. The van der Waals surface area contributed by atoms with Crippen LogP contribution in [0.5, 0.6) is 0 Å². The first-order chi connectivity index (χ1) is 9.20. The number of hydrogen-bond donors (Lipinski definition) is 0. The molecule has 1 aromatic carbocycles. The Morgan fingerprint density at radius 3 is 2.25 bits per heavy atom. The van der Waals surface area contributed by atoms with Crippen molar-refractivity contribution in [3.05, 3.63) is 51.4 Å². The zero-order valence-corrected chi connectivity index (χ0v) is 11.5. The van der Waals surface area contributed by atoms with Crippen molar-refractivity contribution in [1.82, 2.24) is 4.98 Å². The average molecular weight is 324 g/mol. The van der Waals surface area contributed by atoms with Gasteiger partial charge in [0, 0.05) is 16.8 Å². The smallest absolute Gasteiger partial charge is 0.254 e. The minimum atomic E-state index is -4.55. The summed E-state index contributed by atoms with van der Waals surface area (Å²) in [5.74, 6) is -0.699. The quantitative estimate of drug-likeness (QED) is 0.629. The molecule has 0 spiro atoms. The molecule has 0 saturated heterocycles. The number of rotatable bonds is 1. The third kappa shape index (κ3) is 2.88. The summed E-state index contributed by atoms with van der Waals surface area (Å²) in [5.41, 5.74) is -0.472. The summed E-state index contributed by atoms with van der Waals surface area (Å²) in [6, 6.07) is 3.17. The molecular formula is C13H7Cl2F4N. The predicted octanol–water partition coefficient (Wildman–Crippen LogP) is 5.52. The Bertz CT molecular complexity index is 668. The second-order valence-electron chi connectivity index (χ2n) is 4.13. The fourth-order valence-electron chi connectivity index (χ4n) is 1.63. The van der Waals surface area contributed by atoms with Crippen molar-refractivity contribution in [3.63, 3.8) is 0 Å². The fraction of sp³-hybridized carbons (Fsp3) is 0.154. The highest BCUT2D eigenvalue weighted by molar-refractivity contribution is 6.33. The Morgan fingerprint density at radius 1 is 1.05 bits per heavy atom. The summed E-state index contributed by atoms with van der Waals surface area (Å²) >= 11 is 11.5. The molecule has 2 aromatic rings. The molecule has 0 saturated carbocycles. The standard InChI is InChI=1S/C13H7Cl2F4N/c1-6-2-8(11(16)4-9(6)14)12-10(15)3-7(5-20-12)13(17,18)19/h2-5H,1H3.